The van der Waals surface area contributed by atoms with Crippen LogP contribution in [0.15, 0.2) is 43.0 Å². The molecule has 24 heavy (non-hydrogen) atoms. The van der Waals surface area contributed by atoms with Gasteiger partial charge in [0.05, 0.1) is 19.0 Å². The maximum absolute atomic E-state index is 5.82. The van der Waals surface area contributed by atoms with Crippen LogP contribution in [0.3, 0.4) is 0 Å². The minimum absolute atomic E-state index is 0.325. The van der Waals surface area contributed by atoms with Crippen molar-refractivity contribution in [3.05, 3.63) is 48.5 Å². The number of ether oxygens (including phenoxy) is 2. The third-order valence-electron chi connectivity index (χ3n) is 4.25. The Bertz CT molecular complexity index is 583. The standard InChI is InChI=1S/C19H27N3O2/c1-17-14-22(10-3-12-23-17)15-18-4-6-19(7-5-18)24-13-2-9-21-11-8-20-16-21/h4-8,11,16-17H,2-3,9-10,12-15H2,1H3/t17-/m0/s1. The van der Waals surface area contributed by atoms with Crippen LogP contribution in [0.1, 0.15) is 25.3 Å². The molecule has 1 fully saturated rings. The molecule has 0 amide bonds. The van der Waals surface area contributed by atoms with Crippen molar-refractivity contribution in [1.82, 2.24) is 14.5 Å². The van der Waals surface area contributed by atoms with Crippen molar-refractivity contribution in [2.24, 2.45) is 0 Å². The highest BCUT2D eigenvalue weighted by atomic mass is 16.5. The molecule has 2 aromatic rings. The lowest BCUT2D eigenvalue weighted by molar-refractivity contribution is 0.0668. The molecule has 0 aliphatic carbocycles. The van der Waals surface area contributed by atoms with Crippen LogP contribution in [0.5, 0.6) is 5.75 Å². The third kappa shape index (κ3) is 5.35. The van der Waals surface area contributed by atoms with Gasteiger partial charge in [-0.15, -0.1) is 0 Å². The quantitative estimate of drug-likeness (QED) is 0.732. The molecule has 1 atom stereocenters. The van der Waals surface area contributed by atoms with Gasteiger partial charge in [-0.3, -0.25) is 4.90 Å². The van der Waals surface area contributed by atoms with Crippen LogP contribution in [-0.4, -0.2) is 46.9 Å². The van der Waals surface area contributed by atoms with Crippen LogP contribution in [0.4, 0.5) is 0 Å². The maximum atomic E-state index is 5.82. The fourth-order valence-electron chi connectivity index (χ4n) is 3.03. The Morgan fingerprint density at radius 2 is 2.17 bits per heavy atom. The second-order valence-corrected chi connectivity index (χ2v) is 6.42. The van der Waals surface area contributed by atoms with E-state index in [4.69, 9.17) is 9.47 Å². The van der Waals surface area contributed by atoms with E-state index >= 15 is 0 Å². The second-order valence-electron chi connectivity index (χ2n) is 6.42. The molecule has 0 bridgehead atoms. The number of imidazole rings is 1. The summed E-state index contributed by atoms with van der Waals surface area (Å²) in [4.78, 5) is 6.51. The molecule has 5 heteroatoms. The van der Waals surface area contributed by atoms with Gasteiger partial charge in [-0.05, 0) is 37.5 Å². The van der Waals surface area contributed by atoms with Crippen LogP contribution in [0, 0.1) is 0 Å². The van der Waals surface area contributed by atoms with Gasteiger partial charge in [0.15, 0.2) is 0 Å². The Hall–Kier alpha value is -1.85. The Kier molecular flexibility index (Phi) is 6.26. The summed E-state index contributed by atoms with van der Waals surface area (Å²) in [7, 11) is 0. The van der Waals surface area contributed by atoms with E-state index in [1.807, 2.05) is 12.5 Å². The summed E-state index contributed by atoms with van der Waals surface area (Å²) in [5.74, 6) is 0.942. The largest absolute Gasteiger partial charge is 0.494 e. The van der Waals surface area contributed by atoms with Crippen molar-refractivity contribution in [1.29, 1.82) is 0 Å². The Balaban J connectivity index is 1.41. The van der Waals surface area contributed by atoms with E-state index < -0.39 is 0 Å². The van der Waals surface area contributed by atoms with Gasteiger partial charge in [-0.25, -0.2) is 4.98 Å². The highest BCUT2D eigenvalue weighted by Gasteiger charge is 2.14. The molecule has 0 saturated carbocycles. The van der Waals surface area contributed by atoms with Gasteiger partial charge in [0, 0.05) is 45.2 Å². The summed E-state index contributed by atoms with van der Waals surface area (Å²) in [5.41, 5.74) is 1.33. The molecule has 130 valence electrons. The molecule has 0 unspecified atom stereocenters. The molecule has 1 aromatic carbocycles. The lowest BCUT2D eigenvalue weighted by Crippen LogP contribution is -2.29. The Morgan fingerprint density at radius 1 is 1.29 bits per heavy atom. The van der Waals surface area contributed by atoms with E-state index in [0.717, 1.165) is 58.0 Å². The smallest absolute Gasteiger partial charge is 0.119 e. The lowest BCUT2D eigenvalue weighted by Gasteiger charge is -2.21. The van der Waals surface area contributed by atoms with Crippen molar-refractivity contribution in [2.45, 2.75) is 39.0 Å². The molecule has 1 aromatic heterocycles. The summed E-state index contributed by atoms with van der Waals surface area (Å²) >= 11 is 0. The van der Waals surface area contributed by atoms with E-state index in [1.54, 1.807) is 6.20 Å². The Morgan fingerprint density at radius 3 is 2.96 bits per heavy atom. The van der Waals surface area contributed by atoms with Gasteiger partial charge in [0.1, 0.15) is 5.75 Å². The number of nitrogens with zero attached hydrogens (tertiary/aromatic N) is 3. The fourth-order valence-corrected chi connectivity index (χ4v) is 3.03. The number of aryl methyl sites for hydroxylation is 1. The number of benzene rings is 1. The third-order valence-corrected chi connectivity index (χ3v) is 4.25. The summed E-state index contributed by atoms with van der Waals surface area (Å²) in [6.07, 6.45) is 8.03. The van der Waals surface area contributed by atoms with Crippen LogP contribution in [-0.2, 0) is 17.8 Å². The normalized spacial score (nSPS) is 19.1. The first-order valence-corrected chi connectivity index (χ1v) is 8.81. The number of rotatable bonds is 7. The van der Waals surface area contributed by atoms with Crippen molar-refractivity contribution < 1.29 is 9.47 Å². The number of hydrogen-bond donors (Lipinski definition) is 0. The van der Waals surface area contributed by atoms with Gasteiger partial charge < -0.3 is 14.0 Å². The predicted octanol–water partition coefficient (Wildman–Crippen LogP) is 2.96. The first kappa shape index (κ1) is 17.0. The SMILES string of the molecule is C[C@H]1CN(Cc2ccc(OCCCn3ccnc3)cc2)CCCO1. The number of aromatic nitrogens is 2. The molecule has 0 spiro atoms. The van der Waals surface area contributed by atoms with Crippen LogP contribution >= 0.6 is 0 Å². The summed E-state index contributed by atoms with van der Waals surface area (Å²) in [5, 5.41) is 0. The zero-order valence-corrected chi connectivity index (χ0v) is 14.4. The molecular formula is C19H27N3O2. The van der Waals surface area contributed by atoms with Gasteiger partial charge in [-0.1, -0.05) is 12.1 Å². The molecule has 1 aliphatic heterocycles. The minimum atomic E-state index is 0.325. The molecule has 1 saturated heterocycles. The summed E-state index contributed by atoms with van der Waals surface area (Å²) < 4.78 is 13.6. The second kappa shape index (κ2) is 8.85. The molecule has 0 N–H and O–H groups in total. The number of hydrogen-bond acceptors (Lipinski definition) is 4. The average Bonchev–Trinajstić information content (AvgIpc) is 3.02. The summed E-state index contributed by atoms with van der Waals surface area (Å²) in [6, 6.07) is 8.48. The summed E-state index contributed by atoms with van der Waals surface area (Å²) in [6.45, 7) is 7.78. The van der Waals surface area contributed by atoms with Crippen molar-refractivity contribution in [2.75, 3.05) is 26.3 Å². The first-order valence-electron chi connectivity index (χ1n) is 8.81. The van der Waals surface area contributed by atoms with Gasteiger partial charge >= 0.3 is 0 Å². The van der Waals surface area contributed by atoms with Gasteiger partial charge in [-0.2, -0.15) is 0 Å². The van der Waals surface area contributed by atoms with Crippen LogP contribution in [0.2, 0.25) is 0 Å². The fraction of sp³-hybridized carbons (Fsp3) is 0.526. The Labute approximate surface area is 144 Å². The maximum Gasteiger partial charge on any atom is 0.119 e. The van der Waals surface area contributed by atoms with E-state index in [0.29, 0.717) is 6.10 Å². The molecular weight excluding hydrogens is 302 g/mol. The lowest BCUT2D eigenvalue weighted by atomic mass is 10.2. The highest BCUT2D eigenvalue weighted by molar-refractivity contribution is 5.27. The van der Waals surface area contributed by atoms with Crippen LogP contribution in [0.25, 0.3) is 0 Å². The molecule has 0 radical (unpaired) electrons. The van der Waals surface area contributed by atoms with Crippen LogP contribution < -0.4 is 4.74 Å². The first-order chi connectivity index (χ1) is 11.8. The molecule has 5 nitrogen and oxygen atoms in total. The molecule has 3 rings (SSSR count). The van der Waals surface area contributed by atoms with E-state index in [1.165, 1.54) is 5.56 Å². The van der Waals surface area contributed by atoms with Crippen molar-refractivity contribution in [3.8, 4) is 5.75 Å². The van der Waals surface area contributed by atoms with E-state index in [2.05, 4.69) is 45.6 Å². The van der Waals surface area contributed by atoms with Crippen molar-refractivity contribution in [3.63, 3.8) is 0 Å². The van der Waals surface area contributed by atoms with Gasteiger partial charge in [0.25, 0.3) is 0 Å². The van der Waals surface area contributed by atoms with Crippen molar-refractivity contribution >= 4 is 0 Å². The zero-order chi connectivity index (χ0) is 16.6. The van der Waals surface area contributed by atoms with Gasteiger partial charge in [0.2, 0.25) is 0 Å². The minimum Gasteiger partial charge on any atom is -0.494 e. The van der Waals surface area contributed by atoms with E-state index in [9.17, 15) is 0 Å². The van der Waals surface area contributed by atoms with E-state index in [-0.39, 0.29) is 0 Å². The topological polar surface area (TPSA) is 39.5 Å². The highest BCUT2D eigenvalue weighted by Crippen LogP contribution is 2.15. The average molecular weight is 329 g/mol. The zero-order valence-electron chi connectivity index (χ0n) is 14.4. The predicted molar refractivity (Wildman–Crippen MR) is 94.1 cm³/mol. The molecule has 2 heterocycles. The molecule has 1 aliphatic rings. The monoisotopic (exact) mass is 329 g/mol.